The molecule has 1 aromatic rings. The van der Waals surface area contributed by atoms with Crippen LogP contribution in [0.5, 0.6) is 5.75 Å². The summed E-state index contributed by atoms with van der Waals surface area (Å²) >= 11 is 0. The molecule has 6 nitrogen and oxygen atoms in total. The van der Waals surface area contributed by atoms with Gasteiger partial charge in [0.15, 0.2) is 0 Å². The van der Waals surface area contributed by atoms with Gasteiger partial charge in [-0.25, -0.2) is 9.59 Å². The number of carbonyl (C=O) groups excluding carboxylic acids is 1. The summed E-state index contributed by atoms with van der Waals surface area (Å²) in [5.74, 6) is -1.40. The maximum atomic E-state index is 11.6. The summed E-state index contributed by atoms with van der Waals surface area (Å²) in [7, 11) is 0. The Kier molecular flexibility index (Phi) is 2.86. The van der Waals surface area contributed by atoms with Gasteiger partial charge in [0.2, 0.25) is 0 Å². The fourth-order valence-corrected chi connectivity index (χ4v) is 1.51. The highest BCUT2D eigenvalue weighted by atomic mass is 16.4. The average molecular weight is 250 g/mol. The summed E-state index contributed by atoms with van der Waals surface area (Å²) in [6.07, 6.45) is 1.87. The van der Waals surface area contributed by atoms with Crippen LogP contribution in [-0.4, -0.2) is 27.8 Å². The van der Waals surface area contributed by atoms with Crippen molar-refractivity contribution in [1.29, 1.82) is 0 Å². The lowest BCUT2D eigenvalue weighted by Gasteiger charge is -2.13. The normalized spacial score (nSPS) is 15.8. The molecule has 0 unspecified atom stereocenters. The molecular weight excluding hydrogens is 236 g/mol. The third-order valence-corrected chi connectivity index (χ3v) is 2.91. The molecule has 0 aromatic heterocycles. The van der Waals surface area contributed by atoms with Gasteiger partial charge in [-0.1, -0.05) is 0 Å². The molecule has 0 heterocycles. The van der Waals surface area contributed by atoms with Crippen LogP contribution < -0.4 is 10.6 Å². The molecule has 4 N–H and O–H groups in total. The van der Waals surface area contributed by atoms with Gasteiger partial charge in [-0.3, -0.25) is 0 Å². The van der Waals surface area contributed by atoms with E-state index in [-0.39, 0.29) is 22.5 Å². The topological polar surface area (TPSA) is 98.7 Å². The van der Waals surface area contributed by atoms with Crippen molar-refractivity contribution < 1.29 is 19.8 Å². The van der Waals surface area contributed by atoms with Crippen LogP contribution in [0.1, 0.15) is 30.1 Å². The fraction of sp³-hybridized carbons (Fsp3) is 0.333. The van der Waals surface area contributed by atoms with Crippen molar-refractivity contribution in [1.82, 2.24) is 5.32 Å². The minimum absolute atomic E-state index is 0.0346. The molecule has 0 saturated heterocycles. The highest BCUT2D eigenvalue weighted by Crippen LogP contribution is 2.34. The van der Waals surface area contributed by atoms with E-state index in [1.165, 1.54) is 12.1 Å². The number of aromatic hydroxyl groups is 1. The fourth-order valence-electron chi connectivity index (χ4n) is 1.51. The average Bonchev–Trinajstić information content (AvgIpc) is 2.98. The highest BCUT2D eigenvalue weighted by Gasteiger charge is 2.38. The van der Waals surface area contributed by atoms with Gasteiger partial charge in [0.05, 0.1) is 11.3 Å². The van der Waals surface area contributed by atoms with Crippen LogP contribution in [0.4, 0.5) is 10.5 Å². The molecule has 0 spiro atoms. The lowest BCUT2D eigenvalue weighted by molar-refractivity contribution is 0.0696. The number of anilines is 1. The molecule has 0 atom stereocenters. The molecular formula is C12H14N2O4. The lowest BCUT2D eigenvalue weighted by Crippen LogP contribution is -2.37. The molecule has 0 bridgehead atoms. The summed E-state index contributed by atoms with van der Waals surface area (Å²) in [5.41, 5.74) is -0.00452. The van der Waals surface area contributed by atoms with Crippen LogP contribution in [0, 0.1) is 0 Å². The molecule has 96 valence electrons. The Morgan fingerprint density at radius 3 is 2.50 bits per heavy atom. The molecule has 1 fully saturated rings. The number of phenols is 1. The van der Waals surface area contributed by atoms with Crippen molar-refractivity contribution in [2.24, 2.45) is 0 Å². The second-order valence-corrected chi connectivity index (χ2v) is 4.68. The quantitative estimate of drug-likeness (QED) is 0.614. The molecule has 2 rings (SSSR count). The van der Waals surface area contributed by atoms with Gasteiger partial charge in [0.25, 0.3) is 0 Å². The first-order chi connectivity index (χ1) is 8.39. The maximum Gasteiger partial charge on any atom is 0.335 e. The van der Waals surface area contributed by atoms with E-state index in [1.807, 2.05) is 6.92 Å². The lowest BCUT2D eigenvalue weighted by atomic mass is 10.2. The number of nitrogens with one attached hydrogen (secondary N) is 2. The molecule has 1 aromatic carbocycles. The number of hydrogen-bond acceptors (Lipinski definition) is 3. The Morgan fingerprint density at radius 1 is 1.33 bits per heavy atom. The Bertz CT molecular complexity index is 509. The van der Waals surface area contributed by atoms with E-state index in [2.05, 4.69) is 10.6 Å². The van der Waals surface area contributed by atoms with E-state index >= 15 is 0 Å². The molecule has 18 heavy (non-hydrogen) atoms. The number of phenolic OH excluding ortho intramolecular Hbond substituents is 1. The first-order valence-electron chi connectivity index (χ1n) is 5.55. The van der Waals surface area contributed by atoms with Crippen LogP contribution in [-0.2, 0) is 0 Å². The van der Waals surface area contributed by atoms with Gasteiger partial charge in [0.1, 0.15) is 5.75 Å². The number of urea groups is 1. The molecule has 6 heteroatoms. The second-order valence-electron chi connectivity index (χ2n) is 4.68. The van der Waals surface area contributed by atoms with Crippen LogP contribution >= 0.6 is 0 Å². The van der Waals surface area contributed by atoms with Gasteiger partial charge in [0, 0.05) is 5.54 Å². The Morgan fingerprint density at radius 2 is 2.00 bits per heavy atom. The molecule has 0 aliphatic heterocycles. The van der Waals surface area contributed by atoms with Crippen molar-refractivity contribution >= 4 is 17.7 Å². The summed E-state index contributed by atoms with van der Waals surface area (Å²) in [6, 6.07) is 3.36. The number of carbonyl (C=O) groups is 2. The van der Waals surface area contributed by atoms with E-state index in [0.29, 0.717) is 0 Å². The van der Waals surface area contributed by atoms with Crippen molar-refractivity contribution in [2.75, 3.05) is 5.32 Å². The van der Waals surface area contributed by atoms with Crippen molar-refractivity contribution in [3.05, 3.63) is 23.8 Å². The molecule has 1 aliphatic rings. The van der Waals surface area contributed by atoms with E-state index in [4.69, 9.17) is 5.11 Å². The van der Waals surface area contributed by atoms with Crippen molar-refractivity contribution in [3.8, 4) is 5.75 Å². The van der Waals surface area contributed by atoms with Gasteiger partial charge in [-0.05, 0) is 38.0 Å². The van der Waals surface area contributed by atoms with E-state index in [9.17, 15) is 14.7 Å². The zero-order valence-electron chi connectivity index (χ0n) is 9.86. The van der Waals surface area contributed by atoms with Crippen LogP contribution in [0.3, 0.4) is 0 Å². The first-order valence-corrected chi connectivity index (χ1v) is 5.55. The van der Waals surface area contributed by atoms with E-state index < -0.39 is 12.0 Å². The SMILES string of the molecule is CC1(NC(=O)Nc2ccc(C(=O)O)cc2O)CC1. The molecule has 1 saturated carbocycles. The Balaban J connectivity index is 2.05. The summed E-state index contributed by atoms with van der Waals surface area (Å²) in [6.45, 7) is 1.93. The van der Waals surface area contributed by atoms with E-state index in [1.54, 1.807) is 0 Å². The zero-order chi connectivity index (χ0) is 13.3. The number of amides is 2. The largest absolute Gasteiger partial charge is 0.506 e. The third kappa shape index (κ3) is 2.71. The van der Waals surface area contributed by atoms with Crippen molar-refractivity contribution in [3.63, 3.8) is 0 Å². The highest BCUT2D eigenvalue weighted by molar-refractivity contribution is 5.94. The van der Waals surface area contributed by atoms with Crippen LogP contribution in [0.2, 0.25) is 0 Å². The Labute approximate surface area is 104 Å². The Hall–Kier alpha value is -2.24. The van der Waals surface area contributed by atoms with Crippen LogP contribution in [0.15, 0.2) is 18.2 Å². The number of aromatic carboxylic acids is 1. The number of carboxylic acid groups (broad SMARTS) is 1. The monoisotopic (exact) mass is 250 g/mol. The smallest absolute Gasteiger partial charge is 0.335 e. The van der Waals surface area contributed by atoms with Gasteiger partial charge in [-0.2, -0.15) is 0 Å². The summed E-state index contributed by atoms with van der Waals surface area (Å²) < 4.78 is 0. The predicted molar refractivity (Wildman–Crippen MR) is 64.9 cm³/mol. The molecule has 1 aliphatic carbocycles. The zero-order valence-corrected chi connectivity index (χ0v) is 9.86. The van der Waals surface area contributed by atoms with Crippen LogP contribution in [0.25, 0.3) is 0 Å². The number of hydrogen-bond donors (Lipinski definition) is 4. The van der Waals surface area contributed by atoms with E-state index in [0.717, 1.165) is 18.9 Å². The minimum Gasteiger partial charge on any atom is -0.506 e. The van der Waals surface area contributed by atoms with Gasteiger partial charge < -0.3 is 20.8 Å². The minimum atomic E-state index is -1.13. The standard InChI is InChI=1S/C12H14N2O4/c1-12(4-5-12)14-11(18)13-8-3-2-7(10(16)17)6-9(8)15/h2-3,6,15H,4-5H2,1H3,(H,16,17)(H2,13,14,18). The summed E-state index contributed by atoms with van der Waals surface area (Å²) in [5, 5.41) is 23.6. The summed E-state index contributed by atoms with van der Waals surface area (Å²) in [4.78, 5) is 22.3. The second kappa shape index (κ2) is 4.21. The number of benzene rings is 1. The van der Waals surface area contributed by atoms with Crippen molar-refractivity contribution in [2.45, 2.75) is 25.3 Å². The van der Waals surface area contributed by atoms with Gasteiger partial charge >= 0.3 is 12.0 Å². The number of rotatable bonds is 3. The third-order valence-electron chi connectivity index (χ3n) is 2.91. The maximum absolute atomic E-state index is 11.6. The predicted octanol–water partition coefficient (Wildman–Crippen LogP) is 1.76. The number of carboxylic acids is 1. The molecule has 2 amide bonds. The first kappa shape index (κ1) is 12.2. The van der Waals surface area contributed by atoms with Gasteiger partial charge in [-0.15, -0.1) is 0 Å². The molecule has 0 radical (unpaired) electrons.